The average molecular weight is 270 g/mol. The van der Waals surface area contributed by atoms with Gasteiger partial charge in [0.05, 0.1) is 0 Å². The number of carbonyl (C=O) groups is 1. The number of hydrogen-bond donors (Lipinski definition) is 1. The van der Waals surface area contributed by atoms with Gasteiger partial charge in [-0.05, 0) is 30.5 Å². The van der Waals surface area contributed by atoms with Crippen LogP contribution in [0.4, 0.5) is 4.79 Å². The van der Waals surface area contributed by atoms with Crippen molar-refractivity contribution in [2.24, 2.45) is 0 Å². The molecule has 0 aromatic heterocycles. The molecule has 1 aromatic carbocycles. The van der Waals surface area contributed by atoms with Crippen molar-refractivity contribution in [3.63, 3.8) is 0 Å². The van der Waals surface area contributed by atoms with Gasteiger partial charge in [-0.3, -0.25) is 0 Å². The first-order valence-corrected chi connectivity index (χ1v) is 5.62. The van der Waals surface area contributed by atoms with Crippen LogP contribution in [0.15, 0.2) is 28.7 Å². The van der Waals surface area contributed by atoms with E-state index in [-0.39, 0.29) is 11.7 Å². The fourth-order valence-electron chi connectivity index (χ4n) is 1.55. The lowest BCUT2D eigenvalue weighted by Crippen LogP contribution is -2.25. The van der Waals surface area contributed by atoms with Gasteiger partial charge in [0.1, 0.15) is 5.60 Å². The zero-order valence-corrected chi connectivity index (χ0v) is 10.0. The van der Waals surface area contributed by atoms with Gasteiger partial charge in [0.15, 0.2) is 0 Å². The molecule has 0 atom stereocenters. The van der Waals surface area contributed by atoms with Crippen molar-refractivity contribution >= 4 is 22.0 Å². The zero-order valence-electron chi connectivity index (χ0n) is 8.42. The van der Waals surface area contributed by atoms with Crippen LogP contribution < -0.4 is 5.32 Å². The van der Waals surface area contributed by atoms with E-state index in [0.29, 0.717) is 0 Å². The summed E-state index contributed by atoms with van der Waals surface area (Å²) in [6.07, 6.45) is 1.44. The molecule has 0 radical (unpaired) electrons. The number of halogens is 1. The van der Waals surface area contributed by atoms with Crippen molar-refractivity contribution in [1.29, 1.82) is 0 Å². The SMILES string of the molecule is CNC(=O)OC1(c2ccc(Br)cc2)CC1. The number of rotatable bonds is 2. The van der Waals surface area contributed by atoms with Crippen LogP contribution in [0.2, 0.25) is 0 Å². The van der Waals surface area contributed by atoms with Crippen LogP contribution in [-0.4, -0.2) is 13.1 Å². The van der Waals surface area contributed by atoms with Gasteiger partial charge in [0, 0.05) is 11.5 Å². The summed E-state index contributed by atoms with van der Waals surface area (Å²) < 4.78 is 6.39. The van der Waals surface area contributed by atoms with Crippen LogP contribution in [-0.2, 0) is 10.3 Å². The molecule has 0 aliphatic heterocycles. The number of hydrogen-bond acceptors (Lipinski definition) is 2. The number of benzene rings is 1. The molecule has 4 heteroatoms. The Bertz CT molecular complexity index is 371. The lowest BCUT2D eigenvalue weighted by Gasteiger charge is -2.16. The van der Waals surface area contributed by atoms with Crippen molar-refractivity contribution in [1.82, 2.24) is 5.32 Å². The second kappa shape index (κ2) is 3.85. The fraction of sp³-hybridized carbons (Fsp3) is 0.364. The predicted octanol–water partition coefficient (Wildman–Crippen LogP) is 2.79. The lowest BCUT2D eigenvalue weighted by atomic mass is 10.1. The Balaban J connectivity index is 2.16. The molecule has 1 aliphatic rings. The highest BCUT2D eigenvalue weighted by Gasteiger charge is 2.48. The third-order valence-electron chi connectivity index (χ3n) is 2.57. The molecular weight excluding hydrogens is 258 g/mol. The molecule has 1 aromatic rings. The standard InChI is InChI=1S/C11H12BrNO2/c1-13-10(14)15-11(6-7-11)8-2-4-9(12)5-3-8/h2-5H,6-7H2,1H3,(H,13,14). The molecule has 1 saturated carbocycles. The minimum absolute atomic E-state index is 0.365. The summed E-state index contributed by atoms with van der Waals surface area (Å²) in [6, 6.07) is 7.89. The minimum Gasteiger partial charge on any atom is -0.438 e. The van der Waals surface area contributed by atoms with E-state index in [4.69, 9.17) is 4.74 Å². The Morgan fingerprint density at radius 2 is 2.00 bits per heavy atom. The molecule has 3 nitrogen and oxygen atoms in total. The molecule has 0 saturated heterocycles. The smallest absolute Gasteiger partial charge is 0.407 e. The van der Waals surface area contributed by atoms with Gasteiger partial charge < -0.3 is 10.1 Å². The monoisotopic (exact) mass is 269 g/mol. The van der Waals surface area contributed by atoms with E-state index in [9.17, 15) is 4.79 Å². The molecule has 15 heavy (non-hydrogen) atoms. The molecule has 1 N–H and O–H groups in total. The van der Waals surface area contributed by atoms with E-state index in [1.165, 1.54) is 0 Å². The summed E-state index contributed by atoms with van der Waals surface area (Å²) in [4.78, 5) is 11.2. The lowest BCUT2D eigenvalue weighted by molar-refractivity contribution is 0.0831. The van der Waals surface area contributed by atoms with Crippen LogP contribution in [0.1, 0.15) is 18.4 Å². The number of alkyl carbamates (subject to hydrolysis) is 1. The second-order valence-electron chi connectivity index (χ2n) is 3.64. The molecule has 0 bridgehead atoms. The number of ether oxygens (including phenoxy) is 1. The largest absolute Gasteiger partial charge is 0.438 e. The molecule has 2 rings (SSSR count). The van der Waals surface area contributed by atoms with Gasteiger partial charge in [-0.25, -0.2) is 4.79 Å². The first-order chi connectivity index (χ1) is 7.16. The first kappa shape index (κ1) is 10.5. The van der Waals surface area contributed by atoms with Gasteiger partial charge >= 0.3 is 6.09 Å². The Kier molecular flexibility index (Phi) is 2.69. The van der Waals surface area contributed by atoms with Gasteiger partial charge in [0.2, 0.25) is 0 Å². The Labute approximate surface area is 96.9 Å². The molecule has 0 unspecified atom stereocenters. The van der Waals surface area contributed by atoms with Gasteiger partial charge in [-0.1, -0.05) is 28.1 Å². The molecule has 1 aliphatic carbocycles. The van der Waals surface area contributed by atoms with Crippen LogP contribution >= 0.6 is 15.9 Å². The van der Waals surface area contributed by atoms with E-state index >= 15 is 0 Å². The van der Waals surface area contributed by atoms with Crippen molar-refractivity contribution in [2.75, 3.05) is 7.05 Å². The quantitative estimate of drug-likeness (QED) is 0.897. The molecule has 0 heterocycles. The molecular formula is C11H12BrNO2. The molecule has 1 amide bonds. The second-order valence-corrected chi connectivity index (χ2v) is 4.56. The highest BCUT2D eigenvalue weighted by molar-refractivity contribution is 9.10. The van der Waals surface area contributed by atoms with Crippen LogP contribution in [0, 0.1) is 0 Å². The normalized spacial score (nSPS) is 16.9. The topological polar surface area (TPSA) is 38.3 Å². The van der Waals surface area contributed by atoms with Crippen molar-refractivity contribution in [2.45, 2.75) is 18.4 Å². The van der Waals surface area contributed by atoms with E-state index in [0.717, 1.165) is 22.9 Å². The Hall–Kier alpha value is -1.03. The summed E-state index contributed by atoms with van der Waals surface area (Å²) >= 11 is 3.38. The minimum atomic E-state index is -0.374. The van der Waals surface area contributed by atoms with Crippen molar-refractivity contribution < 1.29 is 9.53 Å². The third kappa shape index (κ3) is 2.15. The predicted molar refractivity (Wildman–Crippen MR) is 60.6 cm³/mol. The average Bonchev–Trinajstić information content (AvgIpc) is 3.00. The fourth-order valence-corrected chi connectivity index (χ4v) is 1.81. The summed E-state index contributed by atoms with van der Waals surface area (Å²) in [5.41, 5.74) is 0.690. The number of amides is 1. The molecule has 0 spiro atoms. The summed E-state index contributed by atoms with van der Waals surface area (Å²) in [5, 5.41) is 2.47. The van der Waals surface area contributed by atoms with Crippen molar-refractivity contribution in [3.8, 4) is 0 Å². The highest BCUT2D eigenvalue weighted by atomic mass is 79.9. The Morgan fingerprint density at radius 3 is 2.47 bits per heavy atom. The van der Waals surface area contributed by atoms with E-state index < -0.39 is 0 Å². The van der Waals surface area contributed by atoms with Gasteiger partial charge in [0.25, 0.3) is 0 Å². The maximum atomic E-state index is 11.2. The van der Waals surface area contributed by atoms with Gasteiger partial charge in [-0.2, -0.15) is 0 Å². The number of nitrogens with one attached hydrogen (secondary N) is 1. The zero-order chi connectivity index (χ0) is 10.9. The van der Waals surface area contributed by atoms with Crippen LogP contribution in [0.5, 0.6) is 0 Å². The van der Waals surface area contributed by atoms with Crippen molar-refractivity contribution in [3.05, 3.63) is 34.3 Å². The third-order valence-corrected chi connectivity index (χ3v) is 3.10. The van der Waals surface area contributed by atoms with Crippen LogP contribution in [0.3, 0.4) is 0 Å². The molecule has 1 fully saturated rings. The van der Waals surface area contributed by atoms with E-state index in [2.05, 4.69) is 21.2 Å². The molecule has 80 valence electrons. The maximum absolute atomic E-state index is 11.2. The first-order valence-electron chi connectivity index (χ1n) is 4.83. The summed E-state index contributed by atoms with van der Waals surface area (Å²) in [5.74, 6) is 0. The number of carbonyl (C=O) groups excluding carboxylic acids is 1. The summed E-state index contributed by atoms with van der Waals surface area (Å²) in [6.45, 7) is 0. The van der Waals surface area contributed by atoms with E-state index in [1.54, 1.807) is 7.05 Å². The Morgan fingerprint density at radius 1 is 1.40 bits per heavy atom. The maximum Gasteiger partial charge on any atom is 0.407 e. The highest BCUT2D eigenvalue weighted by Crippen LogP contribution is 2.49. The van der Waals surface area contributed by atoms with Crippen LogP contribution in [0.25, 0.3) is 0 Å². The van der Waals surface area contributed by atoms with Gasteiger partial charge in [-0.15, -0.1) is 0 Å². The van der Waals surface area contributed by atoms with E-state index in [1.807, 2.05) is 24.3 Å². The summed E-state index contributed by atoms with van der Waals surface area (Å²) in [7, 11) is 1.57.